The monoisotopic (exact) mass is 248 g/mol. The molecular weight excluding hydrogens is 236 g/mol. The molecule has 0 bridgehead atoms. The molecule has 2 N–H and O–H groups in total. The number of halogens is 1. The Morgan fingerprint density at radius 1 is 1.67 bits per heavy atom. The molecule has 1 saturated heterocycles. The van der Waals surface area contributed by atoms with Crippen LogP contribution in [0.4, 0.5) is 5.13 Å². The van der Waals surface area contributed by atoms with Crippen LogP contribution in [0.3, 0.4) is 0 Å². The molecule has 0 amide bonds. The normalized spacial score (nSPS) is 27.0. The summed E-state index contributed by atoms with van der Waals surface area (Å²) in [6.07, 6.45) is 1.49. The minimum atomic E-state index is -0.990. The Bertz CT molecular complexity index is 347. The second-order valence-electron chi connectivity index (χ2n) is 3.86. The Balaban J connectivity index is 2.11. The number of hydrogen-bond acceptors (Lipinski definition) is 5. The van der Waals surface area contributed by atoms with Crippen molar-refractivity contribution >= 4 is 28.1 Å². The topological polar surface area (TPSA) is 56.6 Å². The predicted molar refractivity (Wildman–Crippen MR) is 60.6 cm³/mol. The van der Waals surface area contributed by atoms with Crippen LogP contribution >= 0.6 is 22.9 Å². The molecule has 0 spiro atoms. The Kier molecular flexibility index (Phi) is 3.16. The molecule has 0 saturated carbocycles. The van der Waals surface area contributed by atoms with Gasteiger partial charge in [-0.1, -0.05) is 11.6 Å². The van der Waals surface area contributed by atoms with Gasteiger partial charge in [0.05, 0.1) is 13.2 Å². The SMILES string of the molecule is OCC1(O)CCCN(c2nc(Cl)cs2)C1. The van der Waals surface area contributed by atoms with E-state index >= 15 is 0 Å². The molecule has 1 unspecified atom stereocenters. The smallest absolute Gasteiger partial charge is 0.186 e. The first-order chi connectivity index (χ1) is 7.13. The van der Waals surface area contributed by atoms with E-state index in [1.165, 1.54) is 11.3 Å². The lowest BCUT2D eigenvalue weighted by atomic mass is 9.94. The Morgan fingerprint density at radius 3 is 3.07 bits per heavy atom. The summed E-state index contributed by atoms with van der Waals surface area (Å²) in [6.45, 7) is 1.07. The molecule has 6 heteroatoms. The van der Waals surface area contributed by atoms with Crippen molar-refractivity contribution in [3.63, 3.8) is 0 Å². The Labute approximate surface area is 97.1 Å². The molecule has 1 aromatic heterocycles. The van der Waals surface area contributed by atoms with Gasteiger partial charge in [-0.3, -0.25) is 0 Å². The number of thiazole rings is 1. The summed E-state index contributed by atoms with van der Waals surface area (Å²) >= 11 is 7.20. The van der Waals surface area contributed by atoms with Crippen LogP contribution in [0.2, 0.25) is 5.15 Å². The van der Waals surface area contributed by atoms with Gasteiger partial charge in [0, 0.05) is 11.9 Å². The van der Waals surface area contributed by atoms with E-state index < -0.39 is 5.60 Å². The van der Waals surface area contributed by atoms with Crippen LogP contribution in [0.1, 0.15) is 12.8 Å². The van der Waals surface area contributed by atoms with Gasteiger partial charge in [-0.05, 0) is 12.8 Å². The van der Waals surface area contributed by atoms with Gasteiger partial charge in [0.25, 0.3) is 0 Å². The van der Waals surface area contributed by atoms with Crippen LogP contribution in [0.25, 0.3) is 0 Å². The minimum Gasteiger partial charge on any atom is -0.393 e. The minimum absolute atomic E-state index is 0.206. The molecule has 1 atom stereocenters. The van der Waals surface area contributed by atoms with E-state index in [1.54, 1.807) is 5.38 Å². The van der Waals surface area contributed by atoms with E-state index in [9.17, 15) is 5.11 Å². The number of aromatic nitrogens is 1. The fraction of sp³-hybridized carbons (Fsp3) is 0.667. The molecule has 84 valence electrons. The van der Waals surface area contributed by atoms with Gasteiger partial charge >= 0.3 is 0 Å². The zero-order chi connectivity index (χ0) is 10.9. The van der Waals surface area contributed by atoms with Gasteiger partial charge in [-0.2, -0.15) is 0 Å². The van der Waals surface area contributed by atoms with Crippen LogP contribution in [-0.2, 0) is 0 Å². The number of hydrogen-bond donors (Lipinski definition) is 2. The third-order valence-corrected chi connectivity index (χ3v) is 3.81. The Morgan fingerprint density at radius 2 is 2.47 bits per heavy atom. The second kappa shape index (κ2) is 4.25. The maximum absolute atomic E-state index is 9.97. The summed E-state index contributed by atoms with van der Waals surface area (Å²) in [5.41, 5.74) is -0.990. The molecule has 15 heavy (non-hydrogen) atoms. The fourth-order valence-corrected chi connectivity index (χ4v) is 2.77. The van der Waals surface area contributed by atoms with Crippen molar-refractivity contribution in [2.24, 2.45) is 0 Å². The molecule has 4 nitrogen and oxygen atoms in total. The first-order valence-corrected chi connectivity index (χ1v) is 6.08. The third kappa shape index (κ3) is 2.42. The molecule has 1 fully saturated rings. The van der Waals surface area contributed by atoms with E-state index in [4.69, 9.17) is 16.7 Å². The lowest BCUT2D eigenvalue weighted by Crippen LogP contribution is -2.50. The van der Waals surface area contributed by atoms with Crippen molar-refractivity contribution in [2.75, 3.05) is 24.6 Å². The van der Waals surface area contributed by atoms with Crippen molar-refractivity contribution in [3.05, 3.63) is 10.5 Å². The average molecular weight is 249 g/mol. The first kappa shape index (κ1) is 11.1. The summed E-state index contributed by atoms with van der Waals surface area (Å²) in [5.74, 6) is 0. The Hall–Kier alpha value is -0.360. The van der Waals surface area contributed by atoms with Crippen molar-refractivity contribution in [2.45, 2.75) is 18.4 Å². The first-order valence-electron chi connectivity index (χ1n) is 4.82. The van der Waals surface area contributed by atoms with E-state index in [1.807, 2.05) is 4.90 Å². The van der Waals surface area contributed by atoms with Crippen molar-refractivity contribution < 1.29 is 10.2 Å². The van der Waals surface area contributed by atoms with Crippen LogP contribution in [-0.4, -0.2) is 40.5 Å². The molecule has 0 aromatic carbocycles. The molecule has 2 rings (SSSR count). The maximum atomic E-state index is 9.97. The number of piperidine rings is 1. The predicted octanol–water partition coefficient (Wildman–Crippen LogP) is 1.12. The van der Waals surface area contributed by atoms with E-state index in [0.29, 0.717) is 18.1 Å². The number of aliphatic hydroxyl groups is 2. The number of aliphatic hydroxyl groups excluding tert-OH is 1. The van der Waals surface area contributed by atoms with Crippen molar-refractivity contribution in [3.8, 4) is 0 Å². The number of anilines is 1. The van der Waals surface area contributed by atoms with Gasteiger partial charge in [0.2, 0.25) is 0 Å². The van der Waals surface area contributed by atoms with Crippen LogP contribution in [0, 0.1) is 0 Å². The molecule has 1 aromatic rings. The van der Waals surface area contributed by atoms with E-state index in [0.717, 1.165) is 18.1 Å². The van der Waals surface area contributed by atoms with Crippen LogP contribution in [0.15, 0.2) is 5.38 Å². The summed E-state index contributed by atoms with van der Waals surface area (Å²) < 4.78 is 0. The number of β-amino-alcohol motifs (C(OH)–C–C–N with tert-alkyl or cyclic N) is 1. The van der Waals surface area contributed by atoms with Gasteiger partial charge in [0.1, 0.15) is 10.8 Å². The molecule has 0 aliphatic carbocycles. The summed E-state index contributed by atoms with van der Waals surface area (Å²) in [7, 11) is 0. The van der Waals surface area contributed by atoms with E-state index in [-0.39, 0.29) is 6.61 Å². The molecule has 1 aliphatic rings. The van der Waals surface area contributed by atoms with Gasteiger partial charge in [-0.15, -0.1) is 11.3 Å². The van der Waals surface area contributed by atoms with Crippen molar-refractivity contribution in [1.82, 2.24) is 4.98 Å². The highest BCUT2D eigenvalue weighted by Crippen LogP contribution is 2.29. The fourth-order valence-electron chi connectivity index (χ4n) is 1.80. The molecule has 2 heterocycles. The molecule has 1 aliphatic heterocycles. The van der Waals surface area contributed by atoms with Gasteiger partial charge in [-0.25, -0.2) is 4.98 Å². The second-order valence-corrected chi connectivity index (χ2v) is 5.08. The zero-order valence-corrected chi connectivity index (χ0v) is 9.76. The van der Waals surface area contributed by atoms with Crippen molar-refractivity contribution in [1.29, 1.82) is 0 Å². The zero-order valence-electron chi connectivity index (χ0n) is 8.19. The lowest BCUT2D eigenvalue weighted by Gasteiger charge is -2.37. The molecule has 0 radical (unpaired) electrons. The highest BCUT2D eigenvalue weighted by molar-refractivity contribution is 7.14. The highest BCUT2D eigenvalue weighted by Gasteiger charge is 2.33. The molecular formula is C9H13ClN2O2S. The van der Waals surface area contributed by atoms with Gasteiger partial charge in [0.15, 0.2) is 5.13 Å². The number of rotatable bonds is 2. The quantitative estimate of drug-likeness (QED) is 0.824. The maximum Gasteiger partial charge on any atom is 0.186 e. The van der Waals surface area contributed by atoms with Crippen LogP contribution < -0.4 is 4.90 Å². The third-order valence-electron chi connectivity index (χ3n) is 2.58. The van der Waals surface area contributed by atoms with Crippen LogP contribution in [0.5, 0.6) is 0 Å². The highest BCUT2D eigenvalue weighted by atomic mass is 35.5. The van der Waals surface area contributed by atoms with E-state index in [2.05, 4.69) is 4.98 Å². The number of nitrogens with zero attached hydrogens (tertiary/aromatic N) is 2. The largest absolute Gasteiger partial charge is 0.393 e. The average Bonchev–Trinajstić information content (AvgIpc) is 2.65. The summed E-state index contributed by atoms with van der Waals surface area (Å²) in [4.78, 5) is 6.12. The lowest BCUT2D eigenvalue weighted by molar-refractivity contribution is -0.0241. The van der Waals surface area contributed by atoms with Gasteiger partial charge < -0.3 is 15.1 Å². The summed E-state index contributed by atoms with van der Waals surface area (Å²) in [6, 6.07) is 0. The summed E-state index contributed by atoms with van der Waals surface area (Å²) in [5, 5.41) is 22.1. The standard InChI is InChI=1S/C9H13ClN2O2S/c10-7-4-15-8(11-7)12-3-1-2-9(14,5-12)6-13/h4,13-14H,1-3,5-6H2.